The Labute approximate surface area is 432 Å². The monoisotopic (exact) mass is 1040 g/mol. The van der Waals surface area contributed by atoms with Crippen LogP contribution in [0, 0.1) is 69.0 Å². The maximum Gasteiger partial charge on any atom is 2.00 e. The summed E-state index contributed by atoms with van der Waals surface area (Å²) in [6.07, 6.45) is 1.23. The molecule has 0 unspecified atom stereocenters. The Morgan fingerprint density at radius 1 is 0.736 bits per heavy atom. The third-order valence-corrected chi connectivity index (χ3v) is 16.1. The number of rotatable bonds is 20. The van der Waals surface area contributed by atoms with Crippen LogP contribution >= 0.6 is 0 Å². The number of allylic oxidation sites excluding steroid dienone is 6. The van der Waals surface area contributed by atoms with Gasteiger partial charge < -0.3 is 73.8 Å². The number of carbonyl (C=O) groups excluding carboxylic acids is 7. The first-order valence-electron chi connectivity index (χ1n) is 23.7. The van der Waals surface area contributed by atoms with E-state index in [4.69, 9.17) is 73.0 Å². The second-order valence-electron chi connectivity index (χ2n) is 21.2. The molecule has 22 heteroatoms. The number of hydrogen-bond donors (Lipinski definition) is 9. The van der Waals surface area contributed by atoms with Crippen LogP contribution in [-0.2, 0) is 50.3 Å². The van der Waals surface area contributed by atoms with Crippen LogP contribution in [0.2, 0.25) is 0 Å². The number of primary amides is 6. The SMILES string of the molecule is C/C1=C2N=C(/C=C3\N/C(=C(/C)C4=N[C@@](C)([C@@H]5N=C1[C@](C)(CCC(=O)NC[C@H](C)O)[C@H]5CC(N)=O)[C@@](C)(CC(N)=O)[C@@H]4CCC(N)=O)[C@@](C)(CC(N)=O)[C@@H]3CCC(N)=O)C(C)(C)[C@@H]/2CCC(N)=O.[C-]#N.[C-]#N.[Co+2]. The van der Waals surface area contributed by atoms with Gasteiger partial charge in [-0.2, -0.15) is 0 Å². The van der Waals surface area contributed by atoms with Crippen LogP contribution in [0.5, 0.6) is 0 Å². The predicted molar refractivity (Wildman–Crippen MR) is 264 cm³/mol. The van der Waals surface area contributed by atoms with Crippen molar-refractivity contribution in [1.29, 1.82) is 10.5 Å². The number of aliphatic hydroxyl groups excluding tert-OH is 1. The molecule has 0 spiro atoms. The van der Waals surface area contributed by atoms with Gasteiger partial charge in [-0.1, -0.05) is 34.6 Å². The molecule has 5 heterocycles. The molecule has 7 amide bonds. The van der Waals surface area contributed by atoms with E-state index < -0.39 is 98.5 Å². The Balaban J connectivity index is 0.00000346. The van der Waals surface area contributed by atoms with Gasteiger partial charge in [0.25, 0.3) is 0 Å². The number of nitrogens with two attached hydrogens (primary N) is 6. The van der Waals surface area contributed by atoms with Crippen molar-refractivity contribution in [2.45, 2.75) is 151 Å². The fourth-order valence-corrected chi connectivity index (χ4v) is 12.3. The molecule has 0 aromatic heterocycles. The van der Waals surface area contributed by atoms with E-state index in [0.717, 1.165) is 0 Å². The summed E-state index contributed by atoms with van der Waals surface area (Å²) in [6.45, 7) is 26.4. The number of fused-ring (bicyclic) bond motifs is 6. The quantitative estimate of drug-likeness (QED) is 0.0794. The summed E-state index contributed by atoms with van der Waals surface area (Å²) in [5, 5.41) is 28.9. The minimum absolute atomic E-state index is 0. The predicted octanol–water partition coefficient (Wildman–Crippen LogP) is 1.93. The molecule has 5 aliphatic rings. The normalized spacial score (nSPS) is 32.8. The zero-order valence-corrected chi connectivity index (χ0v) is 43.9. The van der Waals surface area contributed by atoms with Crippen LogP contribution in [0.4, 0.5) is 0 Å². The van der Waals surface area contributed by atoms with Gasteiger partial charge in [0.2, 0.25) is 41.4 Å². The van der Waals surface area contributed by atoms with Crippen molar-refractivity contribution < 1.29 is 55.4 Å². The van der Waals surface area contributed by atoms with Crippen molar-refractivity contribution in [2.75, 3.05) is 6.54 Å². The third-order valence-electron chi connectivity index (χ3n) is 16.1. The number of amides is 7. The van der Waals surface area contributed by atoms with Gasteiger partial charge in [0.1, 0.15) is 0 Å². The number of aliphatic imine (C=N–C) groups is 3. The molecule has 15 N–H and O–H groups in total. The zero-order chi connectivity index (χ0) is 54.4. The van der Waals surface area contributed by atoms with Crippen molar-refractivity contribution in [1.82, 2.24) is 10.6 Å². The van der Waals surface area contributed by atoms with E-state index in [9.17, 15) is 38.7 Å². The van der Waals surface area contributed by atoms with E-state index in [-0.39, 0.29) is 93.4 Å². The van der Waals surface area contributed by atoms with Crippen LogP contribution < -0.4 is 45.0 Å². The second-order valence-corrected chi connectivity index (χ2v) is 21.2. The first-order chi connectivity index (χ1) is 32.9. The molecular formula is C50H73CoN13O8. The van der Waals surface area contributed by atoms with E-state index in [1.54, 1.807) is 6.92 Å². The fraction of sp³-hybridized carbons (Fsp3) is 0.640. The van der Waals surface area contributed by atoms with Gasteiger partial charge in [0.15, 0.2) is 0 Å². The van der Waals surface area contributed by atoms with E-state index in [2.05, 4.69) is 10.6 Å². The Kier molecular flexibility index (Phi) is 20.6. The van der Waals surface area contributed by atoms with Crippen molar-refractivity contribution >= 4 is 58.5 Å². The standard InChI is InChI=1S/C48H73N11O8.2CN.Co/c1-23(60)22-55-38(67)16-17-45(6)29(18-35(52)64)43-48(9)47(8,21-37(54)66)28(12-15-34(51)63)40(59-48)25(3)42-46(7,20-36(53)65)26(10-13-32(49)61)30(56-42)19-31-44(4,5)27(11-14-33(50)62)39(57-31)24(2)41(45)58-43;2*1-2;/h19,23,26-29,43,56,60H,10-18,20-22H2,1-9H3,(H2,49,61)(H2,50,62)(H2,51,63)(H2,52,64)(H2,53,65)(H2,54,66)(H,55,67);;;/q;2*-1;+2/b30-19-,39-24-,42-25-;;;/t23-,26+,27+,28+,29-,43+,45+,46-,47-,48-;;;/m0.../s1. The second kappa shape index (κ2) is 24.0. The molecule has 0 aliphatic carbocycles. The first-order valence-corrected chi connectivity index (χ1v) is 23.7. The van der Waals surface area contributed by atoms with Crippen molar-refractivity contribution in [3.05, 3.63) is 47.5 Å². The molecule has 8 bridgehead atoms. The van der Waals surface area contributed by atoms with E-state index in [1.165, 1.54) is 0 Å². The number of carbonyl (C=O) groups is 7. The Morgan fingerprint density at radius 2 is 1.25 bits per heavy atom. The van der Waals surface area contributed by atoms with Crippen LogP contribution in [0.3, 0.4) is 0 Å². The molecule has 0 aromatic carbocycles. The fourth-order valence-electron chi connectivity index (χ4n) is 12.3. The summed E-state index contributed by atoms with van der Waals surface area (Å²) >= 11 is 0. The summed E-state index contributed by atoms with van der Waals surface area (Å²) in [6, 6.07) is -0.913. The zero-order valence-electron chi connectivity index (χ0n) is 42.9. The average molecular weight is 1040 g/mol. The van der Waals surface area contributed by atoms with Crippen LogP contribution in [0.15, 0.2) is 49.3 Å². The molecule has 395 valence electrons. The molecular weight excluding hydrogens is 970 g/mol. The first kappa shape index (κ1) is 61.9. The van der Waals surface area contributed by atoms with Crippen molar-refractivity contribution in [2.24, 2.45) is 94.7 Å². The van der Waals surface area contributed by atoms with Crippen LogP contribution in [0.1, 0.15) is 133 Å². The van der Waals surface area contributed by atoms with Gasteiger partial charge in [-0.05, 0) is 70.6 Å². The maximum absolute atomic E-state index is 13.5. The molecule has 5 rings (SSSR count). The summed E-state index contributed by atoms with van der Waals surface area (Å²) in [4.78, 5) is 108. The largest absolute Gasteiger partial charge is 2.00 e. The molecule has 72 heavy (non-hydrogen) atoms. The van der Waals surface area contributed by atoms with Gasteiger partial charge in [-0.15, -0.1) is 0 Å². The molecule has 21 nitrogen and oxygen atoms in total. The van der Waals surface area contributed by atoms with Crippen LogP contribution in [-0.4, -0.2) is 87.8 Å². The number of nitrogens with one attached hydrogen (secondary N) is 2. The molecule has 1 fully saturated rings. The smallest absolute Gasteiger partial charge is 0.512 e. The molecule has 5 aliphatic heterocycles. The summed E-state index contributed by atoms with van der Waals surface area (Å²) < 4.78 is 0. The summed E-state index contributed by atoms with van der Waals surface area (Å²) in [5.74, 6) is -6.25. The van der Waals surface area contributed by atoms with E-state index in [0.29, 0.717) is 51.8 Å². The minimum atomic E-state index is -1.39. The topological polar surface area (TPSA) is 405 Å². The van der Waals surface area contributed by atoms with E-state index in [1.807, 2.05) is 61.5 Å². The Hall–Kier alpha value is -6.23. The van der Waals surface area contributed by atoms with Crippen molar-refractivity contribution in [3.63, 3.8) is 0 Å². The van der Waals surface area contributed by atoms with Gasteiger partial charge in [-0.3, -0.25) is 48.5 Å². The molecule has 1 saturated heterocycles. The average Bonchev–Trinajstić information content (AvgIpc) is 3.88. The van der Waals surface area contributed by atoms with Gasteiger partial charge in [0.05, 0.1) is 17.7 Å². The maximum atomic E-state index is 13.5. The molecule has 1 radical (unpaired) electrons. The van der Waals surface area contributed by atoms with Gasteiger partial charge >= 0.3 is 16.8 Å². The molecule has 0 aromatic rings. The number of nitrogens with zero attached hydrogens (tertiary/aromatic N) is 5. The minimum Gasteiger partial charge on any atom is -0.512 e. The Bertz CT molecular complexity index is 2410. The summed E-state index contributed by atoms with van der Waals surface area (Å²) in [5.41, 5.74) is 34.9. The molecule has 0 saturated carbocycles. The third kappa shape index (κ3) is 12.2. The number of hydrogen-bond acceptors (Lipinski definition) is 14. The molecule has 10 atom stereocenters. The van der Waals surface area contributed by atoms with Crippen LogP contribution in [0.25, 0.3) is 0 Å². The van der Waals surface area contributed by atoms with Gasteiger partial charge in [-0.25, -0.2) is 0 Å². The van der Waals surface area contributed by atoms with Crippen molar-refractivity contribution in [3.8, 4) is 0 Å². The van der Waals surface area contributed by atoms with Gasteiger partial charge in [0, 0.05) is 131 Å². The number of aliphatic hydroxyl groups is 1. The Morgan fingerprint density at radius 3 is 1.74 bits per heavy atom. The van der Waals surface area contributed by atoms with E-state index >= 15 is 0 Å². The summed E-state index contributed by atoms with van der Waals surface area (Å²) in [7, 11) is 0.